The molecule has 0 unspecified atom stereocenters. The maximum Gasteiger partial charge on any atom is 0.248 e. The first-order valence-corrected chi connectivity index (χ1v) is 8.59. The molecule has 0 aliphatic rings. The maximum absolute atomic E-state index is 12.3. The van der Waals surface area contributed by atoms with E-state index in [4.69, 9.17) is 9.47 Å². The smallest absolute Gasteiger partial charge is 0.248 e. The molecule has 1 aromatic heterocycles. The second kappa shape index (κ2) is 8.34. The number of rotatable bonds is 6. The number of aromatic nitrogens is 4. The zero-order valence-corrected chi connectivity index (χ0v) is 16.1. The van der Waals surface area contributed by atoms with Crippen LogP contribution in [0.2, 0.25) is 0 Å². The molecule has 1 heterocycles. The molecule has 3 aromatic rings. The molecular formula is C20H21N5O3. The molecule has 1 amide bonds. The first-order valence-electron chi connectivity index (χ1n) is 8.59. The summed E-state index contributed by atoms with van der Waals surface area (Å²) in [4.78, 5) is 12.3. The van der Waals surface area contributed by atoms with Gasteiger partial charge in [-0.15, -0.1) is 5.10 Å². The second-order valence-corrected chi connectivity index (χ2v) is 6.07. The van der Waals surface area contributed by atoms with Gasteiger partial charge in [0.15, 0.2) is 5.82 Å². The average Bonchev–Trinajstić information content (AvgIpc) is 3.13. The number of nitrogens with zero attached hydrogens (tertiary/aromatic N) is 4. The number of nitrogens with one attached hydrogen (secondary N) is 1. The number of carbonyl (C=O) groups is 1. The zero-order valence-electron chi connectivity index (χ0n) is 16.1. The van der Waals surface area contributed by atoms with Crippen LogP contribution in [0.15, 0.2) is 42.5 Å². The number of carbonyl (C=O) groups excluding carboxylic acids is 1. The van der Waals surface area contributed by atoms with Crippen LogP contribution >= 0.6 is 0 Å². The summed E-state index contributed by atoms with van der Waals surface area (Å²) in [6.45, 7) is 3.77. The first kappa shape index (κ1) is 19.1. The van der Waals surface area contributed by atoms with E-state index in [0.29, 0.717) is 23.0 Å². The standard InChI is InChI=1S/C20H21N5O3/c1-13-5-8-16(11-18(13)25-14(2)22-23-24-25)21-20(26)10-7-15-6-9-17(27-3)12-19(15)28-4/h5-12H,1-4H3,(H,21,26). The minimum absolute atomic E-state index is 0.263. The van der Waals surface area contributed by atoms with E-state index in [1.807, 2.05) is 38.1 Å². The number of anilines is 1. The molecule has 0 radical (unpaired) electrons. The Morgan fingerprint density at radius 3 is 2.61 bits per heavy atom. The Bertz CT molecular complexity index is 1030. The van der Waals surface area contributed by atoms with E-state index in [-0.39, 0.29) is 5.91 Å². The Balaban J connectivity index is 1.77. The summed E-state index contributed by atoms with van der Waals surface area (Å²) in [6.07, 6.45) is 3.14. The fourth-order valence-electron chi connectivity index (χ4n) is 2.68. The highest BCUT2D eigenvalue weighted by molar-refractivity contribution is 6.02. The quantitative estimate of drug-likeness (QED) is 0.662. The van der Waals surface area contributed by atoms with E-state index >= 15 is 0 Å². The van der Waals surface area contributed by atoms with Crippen LogP contribution in [0.25, 0.3) is 11.8 Å². The lowest BCUT2D eigenvalue weighted by Crippen LogP contribution is -2.09. The summed E-state index contributed by atoms with van der Waals surface area (Å²) in [7, 11) is 3.16. The Kier molecular flexibility index (Phi) is 5.69. The third-order valence-corrected chi connectivity index (χ3v) is 4.19. The lowest BCUT2D eigenvalue weighted by molar-refractivity contribution is -0.111. The number of benzene rings is 2. The van der Waals surface area contributed by atoms with E-state index in [2.05, 4.69) is 20.8 Å². The molecule has 8 nitrogen and oxygen atoms in total. The van der Waals surface area contributed by atoms with Gasteiger partial charge >= 0.3 is 0 Å². The molecule has 28 heavy (non-hydrogen) atoms. The van der Waals surface area contributed by atoms with E-state index in [9.17, 15) is 4.79 Å². The van der Waals surface area contributed by atoms with Crippen LogP contribution in [-0.2, 0) is 4.79 Å². The van der Waals surface area contributed by atoms with Gasteiger partial charge in [-0.05, 0) is 60.2 Å². The summed E-state index contributed by atoms with van der Waals surface area (Å²) in [5, 5.41) is 14.4. The summed E-state index contributed by atoms with van der Waals surface area (Å²) in [5.74, 6) is 1.71. The first-order chi connectivity index (χ1) is 13.5. The van der Waals surface area contributed by atoms with Crippen molar-refractivity contribution in [2.45, 2.75) is 13.8 Å². The lowest BCUT2D eigenvalue weighted by atomic mass is 10.1. The summed E-state index contributed by atoms with van der Waals surface area (Å²) < 4.78 is 12.1. The van der Waals surface area contributed by atoms with Crippen molar-refractivity contribution >= 4 is 17.7 Å². The molecule has 1 N–H and O–H groups in total. The van der Waals surface area contributed by atoms with Gasteiger partial charge in [-0.2, -0.15) is 4.68 Å². The Hall–Kier alpha value is -3.68. The van der Waals surface area contributed by atoms with Crippen LogP contribution in [0.3, 0.4) is 0 Å². The van der Waals surface area contributed by atoms with Crippen molar-refractivity contribution in [2.75, 3.05) is 19.5 Å². The highest BCUT2D eigenvalue weighted by Crippen LogP contribution is 2.25. The van der Waals surface area contributed by atoms with Crippen molar-refractivity contribution in [3.63, 3.8) is 0 Å². The number of methoxy groups -OCH3 is 2. The fraction of sp³-hybridized carbons (Fsp3) is 0.200. The molecule has 3 rings (SSSR count). The van der Waals surface area contributed by atoms with E-state index in [0.717, 1.165) is 16.8 Å². The fourth-order valence-corrected chi connectivity index (χ4v) is 2.68. The number of hydrogen-bond donors (Lipinski definition) is 1. The maximum atomic E-state index is 12.3. The predicted molar refractivity (Wildman–Crippen MR) is 106 cm³/mol. The van der Waals surface area contributed by atoms with Gasteiger partial charge in [-0.1, -0.05) is 6.07 Å². The van der Waals surface area contributed by atoms with Crippen LogP contribution in [-0.4, -0.2) is 40.3 Å². The zero-order chi connectivity index (χ0) is 20.1. The Labute approximate surface area is 162 Å². The monoisotopic (exact) mass is 379 g/mol. The number of hydrogen-bond acceptors (Lipinski definition) is 6. The third-order valence-electron chi connectivity index (χ3n) is 4.19. The number of tetrazole rings is 1. The summed E-state index contributed by atoms with van der Waals surface area (Å²) >= 11 is 0. The molecule has 0 saturated heterocycles. The topological polar surface area (TPSA) is 91.2 Å². The van der Waals surface area contributed by atoms with E-state index < -0.39 is 0 Å². The Morgan fingerprint density at radius 2 is 1.93 bits per heavy atom. The predicted octanol–water partition coefficient (Wildman–Crippen LogP) is 2.95. The van der Waals surface area contributed by atoms with Gasteiger partial charge in [0.25, 0.3) is 0 Å². The molecule has 0 atom stereocenters. The van der Waals surface area contributed by atoms with Crippen LogP contribution in [0.5, 0.6) is 11.5 Å². The van der Waals surface area contributed by atoms with Crippen molar-refractivity contribution in [1.29, 1.82) is 0 Å². The summed E-state index contributed by atoms with van der Waals surface area (Å²) in [6, 6.07) is 11.0. The van der Waals surface area contributed by atoms with Crippen LogP contribution in [0.1, 0.15) is 17.0 Å². The molecule has 0 spiro atoms. The SMILES string of the molecule is COc1ccc(C=CC(=O)Nc2ccc(C)c(-n3nnnc3C)c2)c(OC)c1. The number of amides is 1. The van der Waals surface area contributed by atoms with Crippen LogP contribution < -0.4 is 14.8 Å². The molecule has 2 aromatic carbocycles. The minimum atomic E-state index is -0.263. The number of ether oxygens (including phenoxy) is 2. The minimum Gasteiger partial charge on any atom is -0.497 e. The molecule has 144 valence electrons. The highest BCUT2D eigenvalue weighted by Gasteiger charge is 2.09. The van der Waals surface area contributed by atoms with Crippen LogP contribution in [0, 0.1) is 13.8 Å². The van der Waals surface area contributed by atoms with Gasteiger partial charge in [0, 0.05) is 23.4 Å². The van der Waals surface area contributed by atoms with Gasteiger partial charge in [-0.3, -0.25) is 4.79 Å². The van der Waals surface area contributed by atoms with Crippen molar-refractivity contribution in [2.24, 2.45) is 0 Å². The van der Waals surface area contributed by atoms with Gasteiger partial charge in [0.05, 0.1) is 19.9 Å². The Morgan fingerprint density at radius 1 is 1.11 bits per heavy atom. The largest absolute Gasteiger partial charge is 0.497 e. The number of aryl methyl sites for hydroxylation is 2. The average molecular weight is 379 g/mol. The normalized spacial score (nSPS) is 10.9. The van der Waals surface area contributed by atoms with Crippen molar-refractivity contribution in [3.05, 3.63) is 59.4 Å². The van der Waals surface area contributed by atoms with Gasteiger partial charge in [0.1, 0.15) is 11.5 Å². The van der Waals surface area contributed by atoms with Crippen molar-refractivity contribution < 1.29 is 14.3 Å². The molecule has 8 heteroatoms. The van der Waals surface area contributed by atoms with Crippen molar-refractivity contribution in [1.82, 2.24) is 20.2 Å². The van der Waals surface area contributed by atoms with Crippen molar-refractivity contribution in [3.8, 4) is 17.2 Å². The van der Waals surface area contributed by atoms with E-state index in [1.54, 1.807) is 37.1 Å². The molecule has 0 aliphatic carbocycles. The third kappa shape index (κ3) is 4.17. The summed E-state index contributed by atoms with van der Waals surface area (Å²) in [5.41, 5.74) is 3.22. The van der Waals surface area contributed by atoms with Gasteiger partial charge in [-0.25, -0.2) is 0 Å². The molecule has 0 aliphatic heterocycles. The highest BCUT2D eigenvalue weighted by atomic mass is 16.5. The molecule has 0 bridgehead atoms. The van der Waals surface area contributed by atoms with Gasteiger partial charge in [0.2, 0.25) is 5.91 Å². The molecule has 0 fully saturated rings. The molecule has 0 saturated carbocycles. The van der Waals surface area contributed by atoms with Gasteiger partial charge < -0.3 is 14.8 Å². The lowest BCUT2D eigenvalue weighted by Gasteiger charge is -2.10. The van der Waals surface area contributed by atoms with E-state index in [1.165, 1.54) is 6.08 Å². The molecular weight excluding hydrogens is 358 g/mol. The van der Waals surface area contributed by atoms with Crippen LogP contribution in [0.4, 0.5) is 5.69 Å². The second-order valence-electron chi connectivity index (χ2n) is 6.07.